The number of ether oxygens (including phenoxy) is 1. The maximum atomic E-state index is 12.8. The molecule has 0 unspecified atom stereocenters. The van der Waals surface area contributed by atoms with Crippen LogP contribution in [0.1, 0.15) is 42.8 Å². The highest BCUT2D eigenvalue weighted by Crippen LogP contribution is 2.22. The number of hydrogen-bond donors (Lipinski definition) is 2. The number of carbonyl (C=O) groups excluding carboxylic acids is 2. The third-order valence-electron chi connectivity index (χ3n) is 4.07. The number of carbonyl (C=O) groups is 2. The second-order valence-corrected chi connectivity index (χ2v) is 7.94. The Hall–Kier alpha value is -2.59. The van der Waals surface area contributed by atoms with Crippen LogP contribution in [-0.2, 0) is 16.1 Å². The van der Waals surface area contributed by atoms with Crippen LogP contribution < -0.4 is 21.9 Å². The number of nitrogens with one attached hydrogen (secondary N) is 1. The van der Waals surface area contributed by atoms with E-state index in [-0.39, 0.29) is 22.9 Å². The number of hydrogen-bond acceptors (Lipinski definition) is 7. The third kappa shape index (κ3) is 5.48. The topological polar surface area (TPSA) is 127 Å². The van der Waals surface area contributed by atoms with E-state index in [1.165, 1.54) is 10.6 Å². The average molecular weight is 443 g/mol. The van der Waals surface area contributed by atoms with Gasteiger partial charge in [-0.1, -0.05) is 31.9 Å². The summed E-state index contributed by atoms with van der Waals surface area (Å²) < 4.78 is 6.70. The minimum absolute atomic E-state index is 0.0959. The number of aromatic amines is 1. The van der Waals surface area contributed by atoms with Crippen LogP contribution in [0.3, 0.4) is 0 Å². The highest BCUT2D eigenvalue weighted by molar-refractivity contribution is 7.17. The Balaban J connectivity index is 2.30. The van der Waals surface area contributed by atoms with Gasteiger partial charge in [0.2, 0.25) is 0 Å². The monoisotopic (exact) mass is 442 g/mol. The van der Waals surface area contributed by atoms with Gasteiger partial charge in [0.1, 0.15) is 10.7 Å². The van der Waals surface area contributed by atoms with Crippen molar-refractivity contribution in [1.29, 1.82) is 0 Å². The van der Waals surface area contributed by atoms with Gasteiger partial charge in [0.15, 0.2) is 12.3 Å². The predicted molar refractivity (Wildman–Crippen MR) is 113 cm³/mol. The van der Waals surface area contributed by atoms with E-state index in [1.807, 2.05) is 13.8 Å². The number of nitrogen functional groups attached to an aromatic ring is 1. The van der Waals surface area contributed by atoms with Crippen molar-refractivity contribution in [3.63, 3.8) is 0 Å². The molecule has 2 rings (SSSR count). The Kier molecular flexibility index (Phi) is 8.03. The maximum Gasteiger partial charge on any atom is 0.348 e. The second-order valence-electron chi connectivity index (χ2n) is 6.22. The van der Waals surface area contributed by atoms with Crippen molar-refractivity contribution in [3.05, 3.63) is 42.2 Å². The molecule has 0 aliphatic carbocycles. The molecule has 11 heteroatoms. The fraction of sp³-hybridized carbons (Fsp3) is 0.444. The molecule has 0 aromatic carbocycles. The van der Waals surface area contributed by atoms with E-state index in [0.717, 1.165) is 22.7 Å². The first-order valence-electron chi connectivity index (χ1n) is 9.15. The molecule has 2 aromatic heterocycles. The van der Waals surface area contributed by atoms with E-state index in [0.29, 0.717) is 23.7 Å². The van der Waals surface area contributed by atoms with Gasteiger partial charge in [-0.15, -0.1) is 11.3 Å². The molecule has 0 saturated heterocycles. The molecule has 0 atom stereocenters. The Labute approximate surface area is 176 Å². The summed E-state index contributed by atoms with van der Waals surface area (Å²) in [4.78, 5) is 52.9. The molecule has 0 fully saturated rings. The van der Waals surface area contributed by atoms with Gasteiger partial charge in [0.05, 0.1) is 4.34 Å². The number of nitrogens with two attached hydrogens (primary N) is 1. The molecular weight excluding hydrogens is 420 g/mol. The summed E-state index contributed by atoms with van der Waals surface area (Å²) in [7, 11) is 0. The normalized spacial score (nSPS) is 10.7. The Morgan fingerprint density at radius 3 is 2.59 bits per heavy atom. The lowest BCUT2D eigenvalue weighted by Gasteiger charge is -2.24. The van der Waals surface area contributed by atoms with Crippen molar-refractivity contribution in [2.75, 3.05) is 23.8 Å². The molecule has 0 aliphatic rings. The first-order valence-corrected chi connectivity index (χ1v) is 10.3. The van der Waals surface area contributed by atoms with Crippen molar-refractivity contribution in [2.24, 2.45) is 0 Å². The summed E-state index contributed by atoms with van der Waals surface area (Å²) in [6.45, 7) is 3.68. The molecular formula is C18H23ClN4O5S. The van der Waals surface area contributed by atoms with E-state index in [1.54, 1.807) is 6.07 Å². The molecule has 0 spiro atoms. The van der Waals surface area contributed by atoms with Crippen LogP contribution >= 0.6 is 22.9 Å². The summed E-state index contributed by atoms with van der Waals surface area (Å²) in [5, 5.41) is 0. The molecule has 158 valence electrons. The van der Waals surface area contributed by atoms with Gasteiger partial charge in [0, 0.05) is 13.1 Å². The minimum Gasteiger partial charge on any atom is -0.451 e. The van der Waals surface area contributed by atoms with Gasteiger partial charge in [-0.05, 0) is 25.0 Å². The Morgan fingerprint density at radius 1 is 1.28 bits per heavy atom. The van der Waals surface area contributed by atoms with Crippen LogP contribution in [-0.4, -0.2) is 34.6 Å². The number of aromatic nitrogens is 2. The van der Waals surface area contributed by atoms with E-state index in [2.05, 4.69) is 4.98 Å². The van der Waals surface area contributed by atoms with Crippen LogP contribution in [0.5, 0.6) is 0 Å². The SMILES string of the molecule is CCCCN(C(=O)COC(=O)c1ccc(Cl)s1)c1c(N)n(CCC)c(=O)[nH]c1=O. The van der Waals surface area contributed by atoms with Crippen LogP contribution in [0.15, 0.2) is 21.7 Å². The largest absolute Gasteiger partial charge is 0.451 e. The zero-order valence-electron chi connectivity index (χ0n) is 16.2. The lowest BCUT2D eigenvalue weighted by Crippen LogP contribution is -2.43. The first kappa shape index (κ1) is 22.7. The number of rotatable bonds is 9. The molecule has 0 radical (unpaired) electrons. The first-order chi connectivity index (χ1) is 13.8. The number of unbranched alkanes of at least 4 members (excludes halogenated alkanes) is 1. The summed E-state index contributed by atoms with van der Waals surface area (Å²) >= 11 is 6.83. The van der Waals surface area contributed by atoms with Crippen LogP contribution in [0.25, 0.3) is 0 Å². The van der Waals surface area contributed by atoms with Gasteiger partial charge in [-0.2, -0.15) is 0 Å². The van der Waals surface area contributed by atoms with Crippen molar-refractivity contribution in [3.8, 4) is 0 Å². The second kappa shape index (κ2) is 10.3. The lowest BCUT2D eigenvalue weighted by atomic mass is 10.2. The maximum absolute atomic E-state index is 12.8. The molecule has 1 amide bonds. The molecule has 0 saturated carbocycles. The van der Waals surface area contributed by atoms with Gasteiger partial charge in [-0.3, -0.25) is 19.1 Å². The van der Waals surface area contributed by atoms with Gasteiger partial charge < -0.3 is 15.4 Å². The van der Waals surface area contributed by atoms with E-state index in [9.17, 15) is 19.2 Å². The lowest BCUT2D eigenvalue weighted by molar-refractivity contribution is -0.121. The molecule has 0 aliphatic heterocycles. The van der Waals surface area contributed by atoms with Crippen molar-refractivity contribution in [2.45, 2.75) is 39.7 Å². The van der Waals surface area contributed by atoms with Gasteiger partial charge in [-0.25, -0.2) is 9.59 Å². The summed E-state index contributed by atoms with van der Waals surface area (Å²) in [6, 6.07) is 3.05. The summed E-state index contributed by atoms with van der Waals surface area (Å²) in [6.07, 6.45) is 1.95. The zero-order chi connectivity index (χ0) is 21.6. The number of nitrogens with zero attached hydrogens (tertiary/aromatic N) is 2. The number of halogens is 1. The third-order valence-corrected chi connectivity index (χ3v) is 5.28. The fourth-order valence-corrected chi connectivity index (χ4v) is 3.60. The van der Waals surface area contributed by atoms with E-state index < -0.39 is 29.7 Å². The van der Waals surface area contributed by atoms with Crippen molar-refractivity contribution >= 4 is 46.3 Å². The van der Waals surface area contributed by atoms with Gasteiger partial charge >= 0.3 is 11.7 Å². The number of thiophene rings is 1. The summed E-state index contributed by atoms with van der Waals surface area (Å²) in [5.41, 5.74) is 4.54. The number of H-pyrrole nitrogens is 1. The standard InChI is InChI=1S/C18H23ClN4O5S/c1-3-5-9-22(13(24)10-28-17(26)11-6-7-12(19)29-11)14-15(20)23(8-4-2)18(27)21-16(14)25/h6-7H,3-5,8-10,20H2,1-2H3,(H,21,25,27). The number of amides is 1. The highest BCUT2D eigenvalue weighted by atomic mass is 35.5. The molecule has 29 heavy (non-hydrogen) atoms. The van der Waals surface area contributed by atoms with Crippen LogP contribution in [0.2, 0.25) is 4.34 Å². The number of anilines is 2. The van der Waals surface area contributed by atoms with E-state index >= 15 is 0 Å². The molecule has 2 heterocycles. The molecule has 9 nitrogen and oxygen atoms in total. The van der Waals surface area contributed by atoms with Gasteiger partial charge in [0.25, 0.3) is 11.5 Å². The average Bonchev–Trinajstić information content (AvgIpc) is 3.11. The van der Waals surface area contributed by atoms with Crippen molar-refractivity contribution in [1.82, 2.24) is 9.55 Å². The Bertz CT molecular complexity index is 997. The molecule has 3 N–H and O–H groups in total. The fourth-order valence-electron chi connectivity index (χ4n) is 2.66. The smallest absolute Gasteiger partial charge is 0.348 e. The Morgan fingerprint density at radius 2 is 2.00 bits per heavy atom. The quantitative estimate of drug-likeness (QED) is 0.573. The van der Waals surface area contributed by atoms with Crippen LogP contribution in [0.4, 0.5) is 11.5 Å². The molecule has 0 bridgehead atoms. The zero-order valence-corrected chi connectivity index (χ0v) is 17.8. The minimum atomic E-state index is -0.763. The summed E-state index contributed by atoms with van der Waals surface area (Å²) in [5.74, 6) is -1.40. The predicted octanol–water partition coefficient (Wildman–Crippen LogP) is 2.23. The number of esters is 1. The van der Waals surface area contributed by atoms with Crippen LogP contribution in [0, 0.1) is 0 Å². The van der Waals surface area contributed by atoms with E-state index in [4.69, 9.17) is 22.1 Å². The van der Waals surface area contributed by atoms with Crippen molar-refractivity contribution < 1.29 is 14.3 Å². The molecule has 2 aromatic rings. The highest BCUT2D eigenvalue weighted by Gasteiger charge is 2.25.